The SMILES string of the molecule is COc1ccc(-c2c(C)nc(-c3ccc(CO)o3)n2O)cc1. The van der Waals surface area contributed by atoms with Gasteiger partial charge in [-0.3, -0.25) is 0 Å². The van der Waals surface area contributed by atoms with Crippen LogP contribution in [-0.2, 0) is 6.61 Å². The Kier molecular flexibility index (Phi) is 3.60. The summed E-state index contributed by atoms with van der Waals surface area (Å²) in [7, 11) is 1.60. The van der Waals surface area contributed by atoms with Gasteiger partial charge < -0.3 is 19.5 Å². The minimum atomic E-state index is -0.198. The molecule has 0 unspecified atom stereocenters. The first-order valence-electron chi connectivity index (χ1n) is 6.77. The molecule has 0 radical (unpaired) electrons. The van der Waals surface area contributed by atoms with Crippen molar-refractivity contribution in [3.8, 4) is 28.6 Å². The van der Waals surface area contributed by atoms with E-state index in [-0.39, 0.29) is 6.61 Å². The molecule has 1 aromatic carbocycles. The van der Waals surface area contributed by atoms with Crippen molar-refractivity contribution in [3.63, 3.8) is 0 Å². The Morgan fingerprint density at radius 2 is 1.91 bits per heavy atom. The summed E-state index contributed by atoms with van der Waals surface area (Å²) in [6.07, 6.45) is 0. The molecule has 2 heterocycles. The number of nitrogens with zero attached hydrogens (tertiary/aromatic N) is 2. The minimum absolute atomic E-state index is 0.198. The van der Waals surface area contributed by atoms with Gasteiger partial charge >= 0.3 is 0 Å². The molecule has 2 N–H and O–H groups in total. The minimum Gasteiger partial charge on any atom is -0.497 e. The van der Waals surface area contributed by atoms with E-state index in [0.29, 0.717) is 28.7 Å². The standard InChI is InChI=1S/C16H16N2O4/c1-10-15(11-3-5-12(21-2)6-4-11)18(20)16(17-10)14-8-7-13(9-19)22-14/h3-8,19-20H,9H2,1-2H3. The molecule has 114 valence electrons. The molecule has 6 heteroatoms. The summed E-state index contributed by atoms with van der Waals surface area (Å²) >= 11 is 0. The predicted molar refractivity (Wildman–Crippen MR) is 79.8 cm³/mol. The lowest BCUT2D eigenvalue weighted by atomic mass is 10.1. The highest BCUT2D eigenvalue weighted by atomic mass is 16.5. The number of rotatable bonds is 4. The number of methoxy groups -OCH3 is 1. The molecule has 0 spiro atoms. The third kappa shape index (κ3) is 2.33. The van der Waals surface area contributed by atoms with Crippen molar-refractivity contribution in [1.29, 1.82) is 0 Å². The van der Waals surface area contributed by atoms with Gasteiger partial charge in [0.1, 0.15) is 23.8 Å². The number of aryl methyl sites for hydroxylation is 1. The van der Waals surface area contributed by atoms with Crippen LogP contribution in [0, 0.1) is 6.92 Å². The zero-order valence-electron chi connectivity index (χ0n) is 12.3. The van der Waals surface area contributed by atoms with Gasteiger partial charge in [-0.1, -0.05) is 0 Å². The fourth-order valence-corrected chi connectivity index (χ4v) is 2.34. The van der Waals surface area contributed by atoms with E-state index in [2.05, 4.69) is 4.98 Å². The van der Waals surface area contributed by atoms with E-state index in [9.17, 15) is 5.21 Å². The third-order valence-corrected chi connectivity index (χ3v) is 3.43. The maximum atomic E-state index is 10.4. The lowest BCUT2D eigenvalue weighted by molar-refractivity contribution is 0.192. The monoisotopic (exact) mass is 300 g/mol. The summed E-state index contributed by atoms with van der Waals surface area (Å²) < 4.78 is 11.6. The smallest absolute Gasteiger partial charge is 0.212 e. The molecule has 0 fully saturated rings. The highest BCUT2D eigenvalue weighted by Gasteiger charge is 2.19. The van der Waals surface area contributed by atoms with E-state index < -0.39 is 0 Å². The van der Waals surface area contributed by atoms with Crippen LogP contribution < -0.4 is 4.74 Å². The molecular weight excluding hydrogens is 284 g/mol. The topological polar surface area (TPSA) is 80.7 Å². The van der Waals surface area contributed by atoms with Crippen LogP contribution in [0.3, 0.4) is 0 Å². The summed E-state index contributed by atoms with van der Waals surface area (Å²) in [6, 6.07) is 10.6. The third-order valence-electron chi connectivity index (χ3n) is 3.43. The van der Waals surface area contributed by atoms with Crippen LogP contribution in [0.5, 0.6) is 5.75 Å². The molecular formula is C16H16N2O4. The molecule has 0 aliphatic heterocycles. The second kappa shape index (κ2) is 5.57. The summed E-state index contributed by atoms with van der Waals surface area (Å²) in [6.45, 7) is 1.61. The van der Waals surface area contributed by atoms with Crippen molar-refractivity contribution in [2.45, 2.75) is 13.5 Å². The van der Waals surface area contributed by atoms with Crippen molar-refractivity contribution < 1.29 is 19.5 Å². The van der Waals surface area contributed by atoms with Crippen LogP contribution in [0.25, 0.3) is 22.8 Å². The van der Waals surface area contributed by atoms with E-state index in [1.165, 1.54) is 0 Å². The van der Waals surface area contributed by atoms with Gasteiger partial charge in [-0.2, -0.15) is 4.73 Å². The van der Waals surface area contributed by atoms with Gasteiger partial charge in [0.2, 0.25) is 5.82 Å². The summed E-state index contributed by atoms with van der Waals surface area (Å²) in [4.78, 5) is 4.35. The van der Waals surface area contributed by atoms with E-state index >= 15 is 0 Å². The van der Waals surface area contributed by atoms with Crippen LogP contribution in [-0.4, -0.2) is 27.1 Å². The van der Waals surface area contributed by atoms with Gasteiger partial charge in [0.05, 0.1) is 12.8 Å². The van der Waals surface area contributed by atoms with E-state index in [1.807, 2.05) is 31.2 Å². The van der Waals surface area contributed by atoms with Gasteiger partial charge in [0.25, 0.3) is 0 Å². The number of hydrogen-bond acceptors (Lipinski definition) is 5. The Bertz CT molecular complexity index is 787. The zero-order valence-corrected chi connectivity index (χ0v) is 12.3. The molecule has 3 aromatic rings. The molecule has 0 bridgehead atoms. The fourth-order valence-electron chi connectivity index (χ4n) is 2.34. The summed E-state index contributed by atoms with van der Waals surface area (Å²) in [5.74, 6) is 1.85. The maximum Gasteiger partial charge on any atom is 0.212 e. The normalized spacial score (nSPS) is 10.9. The quantitative estimate of drug-likeness (QED) is 0.724. The van der Waals surface area contributed by atoms with Crippen molar-refractivity contribution in [3.05, 3.63) is 47.9 Å². The zero-order chi connectivity index (χ0) is 15.7. The number of ether oxygens (including phenoxy) is 1. The average molecular weight is 300 g/mol. The molecule has 0 atom stereocenters. The Morgan fingerprint density at radius 3 is 2.50 bits per heavy atom. The summed E-state index contributed by atoms with van der Waals surface area (Å²) in [5, 5.41) is 19.5. The largest absolute Gasteiger partial charge is 0.497 e. The second-order valence-electron chi connectivity index (χ2n) is 4.83. The molecule has 0 aliphatic rings. The molecule has 2 aromatic heterocycles. The van der Waals surface area contributed by atoms with Crippen LogP contribution in [0.2, 0.25) is 0 Å². The van der Waals surface area contributed by atoms with Crippen molar-refractivity contribution in [2.24, 2.45) is 0 Å². The number of furan rings is 1. The molecule has 0 aliphatic carbocycles. The molecule has 22 heavy (non-hydrogen) atoms. The number of aromatic nitrogens is 2. The number of imidazole rings is 1. The molecule has 0 amide bonds. The van der Waals surface area contributed by atoms with Crippen LogP contribution in [0.4, 0.5) is 0 Å². The van der Waals surface area contributed by atoms with Crippen molar-refractivity contribution in [2.75, 3.05) is 7.11 Å². The first-order valence-corrected chi connectivity index (χ1v) is 6.77. The van der Waals surface area contributed by atoms with Crippen LogP contribution >= 0.6 is 0 Å². The van der Waals surface area contributed by atoms with E-state index in [0.717, 1.165) is 16.0 Å². The molecule has 6 nitrogen and oxygen atoms in total. The van der Waals surface area contributed by atoms with Gasteiger partial charge in [0.15, 0.2) is 5.76 Å². The highest BCUT2D eigenvalue weighted by Crippen LogP contribution is 2.30. The lowest BCUT2D eigenvalue weighted by Crippen LogP contribution is -1.97. The average Bonchev–Trinajstić information content (AvgIpc) is 3.12. The first-order chi connectivity index (χ1) is 10.6. The van der Waals surface area contributed by atoms with E-state index in [1.54, 1.807) is 19.2 Å². The first kappa shape index (κ1) is 14.2. The maximum absolute atomic E-state index is 10.4. The number of aliphatic hydroxyl groups is 1. The number of aliphatic hydroxyl groups excluding tert-OH is 1. The Morgan fingerprint density at radius 1 is 1.18 bits per heavy atom. The van der Waals surface area contributed by atoms with E-state index in [4.69, 9.17) is 14.3 Å². The predicted octanol–water partition coefficient (Wildman–Crippen LogP) is 2.86. The van der Waals surface area contributed by atoms with Crippen molar-refractivity contribution >= 4 is 0 Å². The Balaban J connectivity index is 2.05. The second-order valence-corrected chi connectivity index (χ2v) is 4.83. The Labute approximate surface area is 127 Å². The van der Waals surface area contributed by atoms with Gasteiger partial charge in [-0.25, -0.2) is 4.98 Å². The fraction of sp³-hybridized carbons (Fsp3) is 0.188. The summed E-state index contributed by atoms with van der Waals surface area (Å²) in [5.41, 5.74) is 2.07. The van der Waals surface area contributed by atoms with Gasteiger partial charge in [0, 0.05) is 5.56 Å². The van der Waals surface area contributed by atoms with Crippen molar-refractivity contribution in [1.82, 2.24) is 9.71 Å². The van der Waals surface area contributed by atoms with Crippen LogP contribution in [0.15, 0.2) is 40.8 Å². The molecule has 0 saturated heterocycles. The van der Waals surface area contributed by atoms with Gasteiger partial charge in [-0.05, 0) is 43.3 Å². The highest BCUT2D eigenvalue weighted by molar-refractivity contribution is 5.67. The molecule has 0 saturated carbocycles. The Hall–Kier alpha value is -2.73. The lowest BCUT2D eigenvalue weighted by Gasteiger charge is -2.05. The van der Waals surface area contributed by atoms with Crippen LogP contribution in [0.1, 0.15) is 11.5 Å². The number of hydrogen-bond donors (Lipinski definition) is 2. The molecule has 3 rings (SSSR count). The van der Waals surface area contributed by atoms with Gasteiger partial charge in [-0.15, -0.1) is 0 Å². The number of benzene rings is 1.